The molecule has 0 bridgehead atoms. The lowest BCUT2D eigenvalue weighted by Crippen LogP contribution is -2.47. The SMILES string of the molecule is O=C(O)c1ccc(-c2noc(CN3CCCCC(NS(=O)(=O)Cc4ccccc4)C3=O)n2)nc1. The van der Waals surface area contributed by atoms with Gasteiger partial charge in [0.2, 0.25) is 27.6 Å². The summed E-state index contributed by atoms with van der Waals surface area (Å²) in [5.74, 6) is -1.33. The van der Waals surface area contributed by atoms with Gasteiger partial charge in [-0.3, -0.25) is 9.78 Å². The quantitative estimate of drug-likeness (QED) is 0.486. The number of aromatic nitrogens is 3. The highest BCUT2D eigenvalue weighted by molar-refractivity contribution is 7.88. The number of hydrogen-bond donors (Lipinski definition) is 2. The summed E-state index contributed by atoms with van der Waals surface area (Å²) in [6.07, 6.45) is 2.99. The van der Waals surface area contributed by atoms with Gasteiger partial charge in [-0.2, -0.15) is 4.98 Å². The number of aromatic carboxylic acids is 1. The summed E-state index contributed by atoms with van der Waals surface area (Å²) in [5, 5.41) is 12.8. The molecule has 0 saturated carbocycles. The third-order valence-electron chi connectivity index (χ3n) is 5.34. The van der Waals surface area contributed by atoms with Crippen molar-refractivity contribution >= 4 is 21.9 Å². The topological polar surface area (TPSA) is 156 Å². The van der Waals surface area contributed by atoms with E-state index in [1.165, 1.54) is 23.2 Å². The number of hydrogen-bond acceptors (Lipinski definition) is 8. The molecule has 1 atom stereocenters. The maximum atomic E-state index is 13.1. The molecule has 1 aliphatic heterocycles. The van der Waals surface area contributed by atoms with Gasteiger partial charge in [0.25, 0.3) is 0 Å². The molecule has 1 amide bonds. The van der Waals surface area contributed by atoms with Crippen LogP contribution in [0.1, 0.15) is 41.1 Å². The predicted molar refractivity (Wildman–Crippen MR) is 120 cm³/mol. The number of nitrogens with zero attached hydrogens (tertiary/aromatic N) is 4. The van der Waals surface area contributed by atoms with Crippen LogP contribution in [0.5, 0.6) is 0 Å². The second-order valence-corrected chi connectivity index (χ2v) is 9.67. The molecule has 1 aromatic carbocycles. The minimum atomic E-state index is -3.72. The van der Waals surface area contributed by atoms with Gasteiger partial charge in [-0.25, -0.2) is 17.9 Å². The highest BCUT2D eigenvalue weighted by Crippen LogP contribution is 2.19. The molecule has 178 valence electrons. The smallest absolute Gasteiger partial charge is 0.337 e. The van der Waals surface area contributed by atoms with Crippen molar-refractivity contribution in [2.24, 2.45) is 0 Å². The Bertz CT molecular complexity index is 1260. The van der Waals surface area contributed by atoms with Crippen molar-refractivity contribution in [3.63, 3.8) is 0 Å². The fourth-order valence-corrected chi connectivity index (χ4v) is 5.03. The highest BCUT2D eigenvalue weighted by Gasteiger charge is 2.31. The van der Waals surface area contributed by atoms with Crippen molar-refractivity contribution in [3.05, 3.63) is 65.7 Å². The average Bonchev–Trinajstić information content (AvgIpc) is 3.22. The number of sulfonamides is 1. The number of pyridine rings is 1. The van der Waals surface area contributed by atoms with Crippen LogP contribution in [-0.2, 0) is 27.1 Å². The van der Waals surface area contributed by atoms with Crippen molar-refractivity contribution in [2.75, 3.05) is 6.54 Å². The maximum absolute atomic E-state index is 13.1. The molecule has 1 unspecified atom stereocenters. The molecular weight excluding hydrogens is 462 g/mol. The van der Waals surface area contributed by atoms with Gasteiger partial charge in [0.05, 0.1) is 11.3 Å². The van der Waals surface area contributed by atoms with Gasteiger partial charge >= 0.3 is 5.97 Å². The third-order valence-corrected chi connectivity index (χ3v) is 6.69. The van der Waals surface area contributed by atoms with Crippen molar-refractivity contribution in [3.8, 4) is 11.5 Å². The van der Waals surface area contributed by atoms with Crippen molar-refractivity contribution in [1.82, 2.24) is 24.7 Å². The molecule has 2 aromatic heterocycles. The Labute approximate surface area is 195 Å². The van der Waals surface area contributed by atoms with Crippen LogP contribution in [0.15, 0.2) is 53.2 Å². The summed E-state index contributed by atoms with van der Waals surface area (Å²) >= 11 is 0. The van der Waals surface area contributed by atoms with E-state index in [9.17, 15) is 18.0 Å². The van der Waals surface area contributed by atoms with E-state index < -0.39 is 22.0 Å². The largest absolute Gasteiger partial charge is 0.478 e. The van der Waals surface area contributed by atoms with E-state index in [0.717, 1.165) is 0 Å². The molecule has 1 fully saturated rings. The molecule has 4 rings (SSSR count). The van der Waals surface area contributed by atoms with Gasteiger partial charge in [0, 0.05) is 12.7 Å². The Hall–Kier alpha value is -3.64. The number of amides is 1. The fourth-order valence-electron chi connectivity index (χ4n) is 3.66. The number of nitrogens with one attached hydrogen (secondary N) is 1. The summed E-state index contributed by atoms with van der Waals surface area (Å²) in [7, 11) is -3.72. The Morgan fingerprint density at radius 1 is 1.18 bits per heavy atom. The molecule has 3 heterocycles. The fraction of sp³-hybridized carbons (Fsp3) is 0.318. The first-order chi connectivity index (χ1) is 16.3. The number of carboxylic acids is 1. The lowest BCUT2D eigenvalue weighted by molar-refractivity contribution is -0.133. The van der Waals surface area contributed by atoms with E-state index >= 15 is 0 Å². The van der Waals surface area contributed by atoms with Crippen LogP contribution in [-0.4, -0.2) is 58.0 Å². The van der Waals surface area contributed by atoms with Crippen LogP contribution in [0.25, 0.3) is 11.5 Å². The summed E-state index contributed by atoms with van der Waals surface area (Å²) in [4.78, 5) is 33.8. The van der Waals surface area contributed by atoms with Crippen LogP contribution < -0.4 is 4.72 Å². The molecule has 1 saturated heterocycles. The number of carbonyl (C=O) groups excluding carboxylic acids is 1. The Morgan fingerprint density at radius 2 is 1.97 bits per heavy atom. The zero-order valence-electron chi connectivity index (χ0n) is 18.1. The molecule has 34 heavy (non-hydrogen) atoms. The lowest BCUT2D eigenvalue weighted by atomic mass is 10.1. The van der Waals surface area contributed by atoms with E-state index in [0.29, 0.717) is 37.1 Å². The molecule has 1 aliphatic rings. The molecule has 3 aromatic rings. The second-order valence-electron chi connectivity index (χ2n) is 7.92. The number of rotatable bonds is 8. The van der Waals surface area contributed by atoms with Crippen molar-refractivity contribution < 1.29 is 27.6 Å². The number of carboxylic acid groups (broad SMARTS) is 1. The molecular formula is C22H23N5O6S. The van der Waals surface area contributed by atoms with Gasteiger partial charge in [0.1, 0.15) is 18.3 Å². The first kappa shape index (κ1) is 23.5. The average molecular weight is 486 g/mol. The molecule has 0 spiro atoms. The third kappa shape index (κ3) is 5.83. The number of benzene rings is 1. The van der Waals surface area contributed by atoms with E-state index in [1.54, 1.807) is 30.3 Å². The van der Waals surface area contributed by atoms with Gasteiger partial charge in [-0.15, -0.1) is 0 Å². The minimum absolute atomic E-state index is 0.0238. The Balaban J connectivity index is 1.43. The van der Waals surface area contributed by atoms with Gasteiger partial charge in [-0.05, 0) is 37.0 Å². The van der Waals surface area contributed by atoms with Crippen LogP contribution >= 0.6 is 0 Å². The first-order valence-electron chi connectivity index (χ1n) is 10.7. The summed E-state index contributed by atoms with van der Waals surface area (Å²) in [5.41, 5.74) is 0.994. The molecule has 0 radical (unpaired) electrons. The van der Waals surface area contributed by atoms with Crippen molar-refractivity contribution in [1.29, 1.82) is 0 Å². The van der Waals surface area contributed by atoms with E-state index in [2.05, 4.69) is 19.8 Å². The highest BCUT2D eigenvalue weighted by atomic mass is 32.2. The molecule has 2 N–H and O–H groups in total. The Morgan fingerprint density at radius 3 is 2.68 bits per heavy atom. The normalized spacial score (nSPS) is 16.9. The van der Waals surface area contributed by atoms with E-state index in [1.807, 2.05) is 0 Å². The zero-order chi connectivity index (χ0) is 24.1. The molecule has 11 nitrogen and oxygen atoms in total. The van der Waals surface area contributed by atoms with Crippen molar-refractivity contribution in [2.45, 2.75) is 37.6 Å². The van der Waals surface area contributed by atoms with Crippen LogP contribution in [0, 0.1) is 0 Å². The molecule has 0 aliphatic carbocycles. The first-order valence-corrected chi connectivity index (χ1v) is 12.3. The standard InChI is InChI=1S/C22H23N5O6S/c28-21-18(26-34(31,32)14-15-6-2-1-3-7-15)8-4-5-11-27(21)13-19-24-20(25-33-19)17-10-9-16(12-23-17)22(29)30/h1-3,6-7,9-10,12,18,26H,4-5,8,11,13-14H2,(H,29,30). The van der Waals surface area contributed by atoms with Crippen LogP contribution in [0.2, 0.25) is 0 Å². The summed E-state index contributed by atoms with van der Waals surface area (Å²) in [6.45, 7) is 0.453. The lowest BCUT2D eigenvalue weighted by Gasteiger charge is -2.23. The summed E-state index contributed by atoms with van der Waals surface area (Å²) in [6, 6.07) is 10.7. The van der Waals surface area contributed by atoms with E-state index in [4.69, 9.17) is 9.63 Å². The van der Waals surface area contributed by atoms with Crippen LogP contribution in [0.3, 0.4) is 0 Å². The monoisotopic (exact) mass is 485 g/mol. The number of likely N-dealkylation sites (tertiary alicyclic amines) is 1. The maximum Gasteiger partial charge on any atom is 0.337 e. The minimum Gasteiger partial charge on any atom is -0.478 e. The van der Waals surface area contributed by atoms with Crippen LogP contribution in [0.4, 0.5) is 0 Å². The Kier molecular flexibility index (Phi) is 6.98. The van der Waals surface area contributed by atoms with Gasteiger partial charge in [0.15, 0.2) is 0 Å². The van der Waals surface area contributed by atoms with Gasteiger partial charge in [-0.1, -0.05) is 35.5 Å². The van der Waals surface area contributed by atoms with E-state index in [-0.39, 0.29) is 35.5 Å². The summed E-state index contributed by atoms with van der Waals surface area (Å²) < 4.78 is 33.1. The van der Waals surface area contributed by atoms with Gasteiger partial charge < -0.3 is 14.5 Å². The zero-order valence-corrected chi connectivity index (χ0v) is 18.9. The second kappa shape index (κ2) is 10.1. The number of carbonyl (C=O) groups is 2. The molecule has 12 heteroatoms. The predicted octanol–water partition coefficient (Wildman–Crippen LogP) is 1.83.